The Kier molecular flexibility index (Phi) is 5.39. The summed E-state index contributed by atoms with van der Waals surface area (Å²) < 4.78 is 7.03. The second-order valence-electron chi connectivity index (χ2n) is 5.82. The Labute approximate surface area is 131 Å². The fourth-order valence-electron chi connectivity index (χ4n) is 2.40. The van der Waals surface area contributed by atoms with Gasteiger partial charge in [0.25, 0.3) is 5.56 Å². The maximum atomic E-state index is 12.6. The van der Waals surface area contributed by atoms with E-state index >= 15 is 0 Å². The summed E-state index contributed by atoms with van der Waals surface area (Å²) in [4.78, 5) is 12.6. The van der Waals surface area contributed by atoms with Crippen LogP contribution in [0.1, 0.15) is 25.8 Å². The molecular formula is C18H24N2O2. The minimum atomic E-state index is 0.0106. The van der Waals surface area contributed by atoms with Crippen LogP contribution in [0.3, 0.4) is 0 Å². The van der Waals surface area contributed by atoms with Crippen LogP contribution in [-0.4, -0.2) is 11.7 Å². The molecule has 0 aliphatic carbocycles. The Hall–Kier alpha value is -2.07. The molecule has 0 radical (unpaired) electrons. The summed E-state index contributed by atoms with van der Waals surface area (Å²) in [6, 6.07) is 11.6. The Morgan fingerprint density at radius 2 is 1.82 bits per heavy atom. The van der Waals surface area contributed by atoms with Crippen LogP contribution in [0.4, 0.5) is 0 Å². The predicted octanol–water partition coefficient (Wildman–Crippen LogP) is 3.03. The summed E-state index contributed by atoms with van der Waals surface area (Å²) in [5.74, 6) is 1.34. The fourth-order valence-corrected chi connectivity index (χ4v) is 2.40. The van der Waals surface area contributed by atoms with E-state index in [1.807, 2.05) is 41.0 Å². The number of ether oxygens (including phenoxy) is 1. The second-order valence-corrected chi connectivity index (χ2v) is 5.82. The lowest BCUT2D eigenvalue weighted by molar-refractivity contribution is 0.415. The summed E-state index contributed by atoms with van der Waals surface area (Å²) in [5, 5.41) is 0. The lowest BCUT2D eigenvalue weighted by Crippen LogP contribution is -2.27. The van der Waals surface area contributed by atoms with Crippen LogP contribution in [0, 0.1) is 5.92 Å². The molecule has 0 saturated heterocycles. The molecule has 0 atom stereocenters. The van der Waals surface area contributed by atoms with Crippen molar-refractivity contribution < 1.29 is 4.74 Å². The quantitative estimate of drug-likeness (QED) is 0.892. The first kappa shape index (κ1) is 16.3. The number of hydrogen-bond acceptors (Lipinski definition) is 3. The summed E-state index contributed by atoms with van der Waals surface area (Å²) in [5.41, 5.74) is 8.26. The van der Waals surface area contributed by atoms with Gasteiger partial charge in [0, 0.05) is 18.7 Å². The van der Waals surface area contributed by atoms with Gasteiger partial charge in [-0.15, -0.1) is 0 Å². The summed E-state index contributed by atoms with van der Waals surface area (Å²) in [6.45, 7) is 5.28. The van der Waals surface area contributed by atoms with Gasteiger partial charge in [-0.05, 0) is 48.2 Å². The first-order valence-corrected chi connectivity index (χ1v) is 7.64. The molecule has 4 nitrogen and oxygen atoms in total. The van der Waals surface area contributed by atoms with E-state index < -0.39 is 0 Å². The lowest BCUT2D eigenvalue weighted by atomic mass is 10.1. The number of benzene rings is 1. The van der Waals surface area contributed by atoms with Crippen molar-refractivity contribution >= 4 is 0 Å². The minimum Gasteiger partial charge on any atom is -0.497 e. The molecule has 2 N–H and O–H groups in total. The largest absolute Gasteiger partial charge is 0.497 e. The topological polar surface area (TPSA) is 57.2 Å². The van der Waals surface area contributed by atoms with Crippen LogP contribution in [0.25, 0.3) is 11.3 Å². The normalized spacial score (nSPS) is 11.0. The third kappa shape index (κ3) is 3.57. The van der Waals surface area contributed by atoms with Gasteiger partial charge < -0.3 is 15.0 Å². The highest BCUT2D eigenvalue weighted by Gasteiger charge is 2.10. The average molecular weight is 300 g/mol. The van der Waals surface area contributed by atoms with Crippen molar-refractivity contribution in [3.8, 4) is 17.0 Å². The van der Waals surface area contributed by atoms with Crippen LogP contribution < -0.4 is 16.0 Å². The van der Waals surface area contributed by atoms with Gasteiger partial charge >= 0.3 is 0 Å². The van der Waals surface area contributed by atoms with Gasteiger partial charge in [0.05, 0.1) is 12.8 Å². The Balaban J connectivity index is 2.48. The van der Waals surface area contributed by atoms with Crippen molar-refractivity contribution in [3.63, 3.8) is 0 Å². The molecule has 0 spiro atoms. The second kappa shape index (κ2) is 7.27. The SMILES string of the molecule is COc1ccc(-c2ccc(CN)c(=O)n2CCC(C)C)cc1. The van der Waals surface area contributed by atoms with E-state index in [1.54, 1.807) is 7.11 Å². The van der Waals surface area contributed by atoms with Crippen LogP contribution in [0.2, 0.25) is 0 Å². The predicted molar refractivity (Wildman–Crippen MR) is 90.0 cm³/mol. The monoisotopic (exact) mass is 300 g/mol. The van der Waals surface area contributed by atoms with E-state index in [-0.39, 0.29) is 12.1 Å². The molecule has 2 aromatic rings. The van der Waals surface area contributed by atoms with Crippen molar-refractivity contribution in [2.24, 2.45) is 11.7 Å². The van der Waals surface area contributed by atoms with Gasteiger partial charge in [-0.25, -0.2) is 0 Å². The van der Waals surface area contributed by atoms with E-state index in [2.05, 4.69) is 13.8 Å². The number of nitrogens with two attached hydrogens (primary N) is 1. The number of rotatable bonds is 6. The van der Waals surface area contributed by atoms with E-state index in [1.165, 1.54) is 0 Å². The maximum Gasteiger partial charge on any atom is 0.255 e. The van der Waals surface area contributed by atoms with E-state index in [9.17, 15) is 4.79 Å². The summed E-state index contributed by atoms with van der Waals surface area (Å²) in [6.07, 6.45) is 0.955. The summed E-state index contributed by atoms with van der Waals surface area (Å²) >= 11 is 0. The van der Waals surface area contributed by atoms with Crippen molar-refractivity contribution in [1.82, 2.24) is 4.57 Å². The molecule has 2 rings (SSSR count). The molecule has 1 aromatic heterocycles. The Bertz CT molecular complexity index is 672. The third-order valence-electron chi connectivity index (χ3n) is 3.79. The number of pyridine rings is 1. The van der Waals surface area contributed by atoms with Gasteiger partial charge in [-0.3, -0.25) is 4.79 Å². The highest BCUT2D eigenvalue weighted by molar-refractivity contribution is 5.61. The van der Waals surface area contributed by atoms with Crippen LogP contribution >= 0.6 is 0 Å². The minimum absolute atomic E-state index is 0.0106. The van der Waals surface area contributed by atoms with E-state index in [0.29, 0.717) is 18.0 Å². The van der Waals surface area contributed by atoms with Gasteiger partial charge in [0.2, 0.25) is 0 Å². The van der Waals surface area contributed by atoms with Gasteiger partial charge in [0.15, 0.2) is 0 Å². The van der Waals surface area contributed by atoms with Gasteiger partial charge in [0.1, 0.15) is 5.75 Å². The summed E-state index contributed by atoms with van der Waals surface area (Å²) in [7, 11) is 1.64. The molecule has 0 aliphatic rings. The molecule has 4 heteroatoms. The first-order valence-electron chi connectivity index (χ1n) is 7.64. The molecule has 0 saturated carbocycles. The molecule has 0 fully saturated rings. The van der Waals surface area contributed by atoms with Crippen LogP contribution in [0.5, 0.6) is 5.75 Å². The number of methoxy groups -OCH3 is 1. The molecular weight excluding hydrogens is 276 g/mol. The Morgan fingerprint density at radius 3 is 2.36 bits per heavy atom. The molecule has 118 valence electrons. The molecule has 1 heterocycles. The van der Waals surface area contributed by atoms with Crippen molar-refractivity contribution in [1.29, 1.82) is 0 Å². The molecule has 22 heavy (non-hydrogen) atoms. The zero-order valence-electron chi connectivity index (χ0n) is 13.5. The van der Waals surface area contributed by atoms with E-state index in [0.717, 1.165) is 23.4 Å². The molecule has 0 amide bonds. The van der Waals surface area contributed by atoms with E-state index in [4.69, 9.17) is 10.5 Å². The van der Waals surface area contributed by atoms with Gasteiger partial charge in [-0.2, -0.15) is 0 Å². The molecule has 1 aromatic carbocycles. The Morgan fingerprint density at radius 1 is 1.14 bits per heavy atom. The molecule has 0 bridgehead atoms. The fraction of sp³-hybridized carbons (Fsp3) is 0.389. The highest BCUT2D eigenvalue weighted by Crippen LogP contribution is 2.22. The zero-order valence-corrected chi connectivity index (χ0v) is 13.5. The third-order valence-corrected chi connectivity index (χ3v) is 3.79. The van der Waals surface area contributed by atoms with Crippen LogP contribution in [-0.2, 0) is 13.1 Å². The maximum absolute atomic E-state index is 12.6. The average Bonchev–Trinajstić information content (AvgIpc) is 2.53. The van der Waals surface area contributed by atoms with Crippen LogP contribution in [0.15, 0.2) is 41.2 Å². The van der Waals surface area contributed by atoms with Crippen molar-refractivity contribution in [2.75, 3.05) is 7.11 Å². The number of aromatic nitrogens is 1. The number of nitrogens with zero attached hydrogens (tertiary/aromatic N) is 1. The zero-order chi connectivity index (χ0) is 16.1. The van der Waals surface area contributed by atoms with Crippen molar-refractivity contribution in [2.45, 2.75) is 33.4 Å². The first-order chi connectivity index (χ1) is 10.6. The highest BCUT2D eigenvalue weighted by atomic mass is 16.5. The standard InChI is InChI=1S/C18H24N2O2/c1-13(2)10-11-20-17(9-6-15(12-19)18(20)21)14-4-7-16(22-3)8-5-14/h4-9,13H,10-12,19H2,1-3H3. The number of hydrogen-bond donors (Lipinski definition) is 1. The molecule has 0 aliphatic heterocycles. The lowest BCUT2D eigenvalue weighted by Gasteiger charge is -2.16. The van der Waals surface area contributed by atoms with Crippen molar-refractivity contribution in [3.05, 3.63) is 52.3 Å². The smallest absolute Gasteiger partial charge is 0.255 e. The van der Waals surface area contributed by atoms with Gasteiger partial charge in [-0.1, -0.05) is 19.9 Å². The molecule has 0 unspecified atom stereocenters.